The Labute approximate surface area is 131 Å². The van der Waals surface area contributed by atoms with Gasteiger partial charge in [0.2, 0.25) is 0 Å². The van der Waals surface area contributed by atoms with Crippen molar-refractivity contribution < 1.29 is 9.53 Å². The standard InChI is InChI=1S/C18H22N2O2/c1-2-12-19-13-14-20-18(21)16-10-6-7-11-17(16)22-15-8-4-3-5-9-15/h3-11,19H,2,12-14H2,1H3,(H,20,21). The predicted molar refractivity (Wildman–Crippen MR) is 88.5 cm³/mol. The molecule has 0 aliphatic carbocycles. The molecule has 0 radical (unpaired) electrons. The Morgan fingerprint density at radius 1 is 0.955 bits per heavy atom. The van der Waals surface area contributed by atoms with Crippen LogP contribution in [-0.4, -0.2) is 25.5 Å². The average Bonchev–Trinajstić information content (AvgIpc) is 2.56. The third-order valence-corrected chi connectivity index (χ3v) is 3.12. The second-order valence-electron chi connectivity index (χ2n) is 4.92. The van der Waals surface area contributed by atoms with E-state index in [2.05, 4.69) is 17.6 Å². The monoisotopic (exact) mass is 298 g/mol. The number of ether oxygens (including phenoxy) is 1. The highest BCUT2D eigenvalue weighted by atomic mass is 16.5. The fraction of sp³-hybridized carbons (Fsp3) is 0.278. The number of amides is 1. The van der Waals surface area contributed by atoms with Crippen LogP contribution in [0.4, 0.5) is 0 Å². The van der Waals surface area contributed by atoms with E-state index in [-0.39, 0.29) is 5.91 Å². The summed E-state index contributed by atoms with van der Waals surface area (Å²) < 4.78 is 5.80. The van der Waals surface area contributed by atoms with Crippen LogP contribution in [0.3, 0.4) is 0 Å². The van der Waals surface area contributed by atoms with Gasteiger partial charge in [0.05, 0.1) is 5.56 Å². The maximum atomic E-state index is 12.3. The van der Waals surface area contributed by atoms with Crippen molar-refractivity contribution >= 4 is 5.91 Å². The molecule has 2 N–H and O–H groups in total. The van der Waals surface area contributed by atoms with Gasteiger partial charge in [0.25, 0.3) is 5.91 Å². The fourth-order valence-electron chi connectivity index (χ4n) is 2.02. The molecule has 0 atom stereocenters. The van der Waals surface area contributed by atoms with Crippen molar-refractivity contribution in [2.45, 2.75) is 13.3 Å². The first-order chi connectivity index (χ1) is 10.8. The largest absolute Gasteiger partial charge is 0.457 e. The van der Waals surface area contributed by atoms with Crippen molar-refractivity contribution in [2.24, 2.45) is 0 Å². The Balaban J connectivity index is 1.97. The molecule has 0 aliphatic rings. The van der Waals surface area contributed by atoms with E-state index in [0.29, 0.717) is 23.6 Å². The van der Waals surface area contributed by atoms with Gasteiger partial charge in [-0.1, -0.05) is 37.3 Å². The van der Waals surface area contributed by atoms with E-state index in [1.807, 2.05) is 42.5 Å². The van der Waals surface area contributed by atoms with E-state index in [1.54, 1.807) is 12.1 Å². The lowest BCUT2D eigenvalue weighted by Gasteiger charge is -2.11. The molecule has 0 fully saturated rings. The molecular formula is C18H22N2O2. The Bertz CT molecular complexity index is 585. The second kappa shape index (κ2) is 8.85. The molecule has 2 rings (SSSR count). The Morgan fingerprint density at radius 3 is 2.45 bits per heavy atom. The van der Waals surface area contributed by atoms with E-state index >= 15 is 0 Å². The molecule has 0 spiro atoms. The van der Waals surface area contributed by atoms with E-state index in [4.69, 9.17) is 4.74 Å². The summed E-state index contributed by atoms with van der Waals surface area (Å²) in [6.07, 6.45) is 1.09. The molecule has 4 nitrogen and oxygen atoms in total. The number of hydrogen-bond donors (Lipinski definition) is 2. The minimum Gasteiger partial charge on any atom is -0.457 e. The maximum Gasteiger partial charge on any atom is 0.255 e. The van der Waals surface area contributed by atoms with Crippen molar-refractivity contribution in [3.05, 3.63) is 60.2 Å². The molecule has 0 saturated carbocycles. The Kier molecular flexibility index (Phi) is 6.45. The summed E-state index contributed by atoms with van der Waals surface area (Å²) in [5.41, 5.74) is 0.543. The fourth-order valence-corrected chi connectivity index (χ4v) is 2.02. The lowest BCUT2D eigenvalue weighted by Crippen LogP contribution is -2.32. The number of rotatable bonds is 8. The van der Waals surface area contributed by atoms with Crippen molar-refractivity contribution in [3.8, 4) is 11.5 Å². The topological polar surface area (TPSA) is 50.4 Å². The van der Waals surface area contributed by atoms with E-state index in [0.717, 1.165) is 19.5 Å². The molecule has 2 aromatic rings. The van der Waals surface area contributed by atoms with Crippen LogP contribution in [0.15, 0.2) is 54.6 Å². The summed E-state index contributed by atoms with van der Waals surface area (Å²) in [4.78, 5) is 12.3. The van der Waals surface area contributed by atoms with Crippen LogP contribution in [0.1, 0.15) is 23.7 Å². The molecule has 1 amide bonds. The highest BCUT2D eigenvalue weighted by Gasteiger charge is 2.11. The molecule has 0 aromatic heterocycles. The number of benzene rings is 2. The minimum absolute atomic E-state index is 0.121. The Hall–Kier alpha value is -2.33. The normalized spacial score (nSPS) is 10.2. The first-order valence-electron chi connectivity index (χ1n) is 7.62. The SMILES string of the molecule is CCCNCCNC(=O)c1ccccc1Oc1ccccc1. The van der Waals surface area contributed by atoms with Gasteiger partial charge in [-0.2, -0.15) is 0 Å². The summed E-state index contributed by atoms with van der Waals surface area (Å²) in [6, 6.07) is 16.7. The zero-order chi connectivity index (χ0) is 15.6. The maximum absolute atomic E-state index is 12.3. The van der Waals surface area contributed by atoms with Crippen LogP contribution in [-0.2, 0) is 0 Å². The van der Waals surface area contributed by atoms with Crippen LogP contribution in [0.2, 0.25) is 0 Å². The molecule has 0 aliphatic heterocycles. The van der Waals surface area contributed by atoms with Gasteiger partial charge < -0.3 is 15.4 Å². The van der Waals surface area contributed by atoms with Crippen molar-refractivity contribution in [3.63, 3.8) is 0 Å². The van der Waals surface area contributed by atoms with Crippen molar-refractivity contribution in [2.75, 3.05) is 19.6 Å². The molecule has 0 bridgehead atoms. The number of carbonyl (C=O) groups excluding carboxylic acids is 1. The van der Waals surface area contributed by atoms with Crippen LogP contribution >= 0.6 is 0 Å². The molecular weight excluding hydrogens is 276 g/mol. The first kappa shape index (κ1) is 16.0. The second-order valence-corrected chi connectivity index (χ2v) is 4.92. The molecule has 116 valence electrons. The van der Waals surface area contributed by atoms with Gasteiger partial charge in [-0.15, -0.1) is 0 Å². The highest BCUT2D eigenvalue weighted by molar-refractivity contribution is 5.97. The van der Waals surface area contributed by atoms with Crippen LogP contribution < -0.4 is 15.4 Å². The van der Waals surface area contributed by atoms with Gasteiger partial charge in [-0.25, -0.2) is 0 Å². The lowest BCUT2D eigenvalue weighted by atomic mass is 10.2. The summed E-state index contributed by atoms with van der Waals surface area (Å²) in [5.74, 6) is 1.16. The van der Waals surface area contributed by atoms with Gasteiger partial charge in [0.1, 0.15) is 11.5 Å². The summed E-state index contributed by atoms with van der Waals surface area (Å²) in [5, 5.41) is 6.15. The zero-order valence-electron chi connectivity index (χ0n) is 12.8. The van der Waals surface area contributed by atoms with Crippen molar-refractivity contribution in [1.29, 1.82) is 0 Å². The van der Waals surface area contributed by atoms with E-state index in [1.165, 1.54) is 0 Å². The van der Waals surface area contributed by atoms with Gasteiger partial charge in [0.15, 0.2) is 0 Å². The van der Waals surface area contributed by atoms with Gasteiger partial charge in [-0.3, -0.25) is 4.79 Å². The van der Waals surface area contributed by atoms with Crippen LogP contribution in [0.25, 0.3) is 0 Å². The molecule has 2 aromatic carbocycles. The zero-order valence-corrected chi connectivity index (χ0v) is 12.8. The van der Waals surface area contributed by atoms with Crippen LogP contribution in [0.5, 0.6) is 11.5 Å². The third-order valence-electron chi connectivity index (χ3n) is 3.12. The number of para-hydroxylation sites is 2. The number of hydrogen-bond acceptors (Lipinski definition) is 3. The number of nitrogens with one attached hydrogen (secondary N) is 2. The molecule has 0 heterocycles. The molecule has 0 unspecified atom stereocenters. The van der Waals surface area contributed by atoms with Crippen molar-refractivity contribution in [1.82, 2.24) is 10.6 Å². The molecule has 4 heteroatoms. The summed E-state index contributed by atoms with van der Waals surface area (Å²) in [6.45, 7) is 4.44. The average molecular weight is 298 g/mol. The van der Waals surface area contributed by atoms with E-state index in [9.17, 15) is 4.79 Å². The predicted octanol–water partition coefficient (Wildman–Crippen LogP) is 3.21. The minimum atomic E-state index is -0.121. The summed E-state index contributed by atoms with van der Waals surface area (Å²) >= 11 is 0. The first-order valence-corrected chi connectivity index (χ1v) is 7.62. The van der Waals surface area contributed by atoms with Gasteiger partial charge in [0, 0.05) is 13.1 Å². The van der Waals surface area contributed by atoms with Gasteiger partial charge >= 0.3 is 0 Å². The Morgan fingerprint density at radius 2 is 1.68 bits per heavy atom. The number of carbonyl (C=O) groups is 1. The smallest absolute Gasteiger partial charge is 0.255 e. The lowest BCUT2D eigenvalue weighted by molar-refractivity contribution is 0.0951. The molecule has 0 saturated heterocycles. The van der Waals surface area contributed by atoms with Gasteiger partial charge in [-0.05, 0) is 37.2 Å². The van der Waals surface area contributed by atoms with E-state index < -0.39 is 0 Å². The third kappa shape index (κ3) is 4.90. The highest BCUT2D eigenvalue weighted by Crippen LogP contribution is 2.24. The molecule has 22 heavy (non-hydrogen) atoms. The van der Waals surface area contributed by atoms with Crippen LogP contribution in [0, 0.1) is 0 Å². The summed E-state index contributed by atoms with van der Waals surface area (Å²) in [7, 11) is 0. The quantitative estimate of drug-likeness (QED) is 0.736.